The van der Waals surface area contributed by atoms with Gasteiger partial charge < -0.3 is 14.6 Å². The maximum atomic E-state index is 12.5. The van der Waals surface area contributed by atoms with Crippen molar-refractivity contribution in [1.29, 1.82) is 0 Å². The molecule has 1 N–H and O–H groups in total. The lowest BCUT2D eigenvalue weighted by molar-refractivity contribution is -0.139. The van der Waals surface area contributed by atoms with Crippen LogP contribution >= 0.6 is 0 Å². The molecule has 0 spiro atoms. The predicted molar refractivity (Wildman–Crippen MR) is 106 cm³/mol. The molecule has 1 heterocycles. The van der Waals surface area contributed by atoms with Gasteiger partial charge in [0.15, 0.2) is 6.10 Å². The van der Waals surface area contributed by atoms with Crippen molar-refractivity contribution in [2.45, 2.75) is 33.4 Å². The number of amides is 1. The van der Waals surface area contributed by atoms with E-state index in [1.807, 2.05) is 50.2 Å². The van der Waals surface area contributed by atoms with Crippen LogP contribution in [0.2, 0.25) is 0 Å². The van der Waals surface area contributed by atoms with Crippen LogP contribution < -0.4 is 0 Å². The van der Waals surface area contributed by atoms with E-state index in [0.29, 0.717) is 12.1 Å². The average molecular weight is 364 g/mol. The van der Waals surface area contributed by atoms with Crippen LogP contribution in [0.15, 0.2) is 48.5 Å². The maximum absolute atomic E-state index is 12.5. The van der Waals surface area contributed by atoms with Gasteiger partial charge in [0, 0.05) is 30.2 Å². The van der Waals surface area contributed by atoms with Crippen LogP contribution in [0.1, 0.15) is 34.1 Å². The summed E-state index contributed by atoms with van der Waals surface area (Å²) in [6, 6.07) is 15.1. The summed E-state index contributed by atoms with van der Waals surface area (Å²) in [6.07, 6.45) is -0.851. The minimum atomic E-state index is -0.851. The molecule has 140 valence electrons. The molecular weight excluding hydrogens is 340 g/mol. The van der Waals surface area contributed by atoms with Crippen LogP contribution in [0.4, 0.5) is 0 Å². The predicted octanol–water partition coefficient (Wildman–Crippen LogP) is 3.99. The molecule has 2 aromatic carbocycles. The molecular formula is C22H24N2O3. The molecule has 1 unspecified atom stereocenters. The number of carbonyl (C=O) groups excluding carboxylic acids is 2. The summed E-state index contributed by atoms with van der Waals surface area (Å²) in [6.45, 7) is 6.08. The van der Waals surface area contributed by atoms with Gasteiger partial charge in [0.05, 0.1) is 5.56 Å². The van der Waals surface area contributed by atoms with E-state index in [1.165, 1.54) is 0 Å². The van der Waals surface area contributed by atoms with Gasteiger partial charge in [0.2, 0.25) is 0 Å². The number of ether oxygens (including phenoxy) is 1. The van der Waals surface area contributed by atoms with Crippen LogP contribution in [0.25, 0.3) is 10.9 Å². The van der Waals surface area contributed by atoms with E-state index in [0.717, 1.165) is 27.7 Å². The fourth-order valence-corrected chi connectivity index (χ4v) is 3.11. The first-order chi connectivity index (χ1) is 12.9. The van der Waals surface area contributed by atoms with E-state index in [9.17, 15) is 9.59 Å². The quantitative estimate of drug-likeness (QED) is 0.696. The van der Waals surface area contributed by atoms with E-state index in [1.54, 1.807) is 31.0 Å². The Morgan fingerprint density at radius 1 is 1.11 bits per heavy atom. The number of benzene rings is 2. The first-order valence-corrected chi connectivity index (χ1v) is 8.95. The molecule has 3 rings (SSSR count). The molecule has 5 heteroatoms. The second kappa shape index (κ2) is 7.66. The van der Waals surface area contributed by atoms with Crippen LogP contribution in [0.3, 0.4) is 0 Å². The summed E-state index contributed by atoms with van der Waals surface area (Å²) in [5, 5.41) is 0.988. The van der Waals surface area contributed by atoms with E-state index in [4.69, 9.17) is 4.74 Å². The van der Waals surface area contributed by atoms with Gasteiger partial charge in [0.25, 0.3) is 5.91 Å². The van der Waals surface area contributed by atoms with Crippen molar-refractivity contribution in [1.82, 2.24) is 9.88 Å². The third-order valence-corrected chi connectivity index (χ3v) is 4.81. The molecule has 0 aliphatic heterocycles. The minimum Gasteiger partial charge on any atom is -0.449 e. The lowest BCUT2D eigenvalue weighted by atomic mass is 10.1. The molecule has 0 aliphatic rings. The fourth-order valence-electron chi connectivity index (χ4n) is 3.11. The highest BCUT2D eigenvalue weighted by Crippen LogP contribution is 2.23. The SMILES string of the molecule is Cc1[nH]c2ccc(C(=O)OC(C)C(=O)N(C)Cc3ccccc3)cc2c1C. The summed E-state index contributed by atoms with van der Waals surface area (Å²) in [5.74, 6) is -0.730. The van der Waals surface area contributed by atoms with Gasteiger partial charge in [-0.15, -0.1) is 0 Å². The van der Waals surface area contributed by atoms with Crippen LogP contribution in [0, 0.1) is 13.8 Å². The summed E-state index contributed by atoms with van der Waals surface area (Å²) < 4.78 is 5.41. The Balaban J connectivity index is 1.67. The number of hydrogen-bond acceptors (Lipinski definition) is 3. The molecule has 0 aliphatic carbocycles. The highest BCUT2D eigenvalue weighted by atomic mass is 16.5. The smallest absolute Gasteiger partial charge is 0.338 e. The maximum Gasteiger partial charge on any atom is 0.338 e. The number of likely N-dealkylation sites (N-methyl/N-ethyl adjacent to an activating group) is 1. The second-order valence-corrected chi connectivity index (χ2v) is 6.86. The van der Waals surface area contributed by atoms with Crippen molar-refractivity contribution in [2.24, 2.45) is 0 Å². The highest BCUT2D eigenvalue weighted by molar-refractivity contribution is 5.97. The molecule has 3 aromatic rings. The van der Waals surface area contributed by atoms with Crippen molar-refractivity contribution in [3.8, 4) is 0 Å². The number of esters is 1. The van der Waals surface area contributed by atoms with Gasteiger partial charge in [-0.2, -0.15) is 0 Å². The highest BCUT2D eigenvalue weighted by Gasteiger charge is 2.22. The van der Waals surface area contributed by atoms with Crippen LogP contribution in [-0.4, -0.2) is 34.9 Å². The zero-order valence-electron chi connectivity index (χ0n) is 16.1. The topological polar surface area (TPSA) is 62.4 Å². The molecule has 0 fully saturated rings. The van der Waals surface area contributed by atoms with Gasteiger partial charge in [-0.3, -0.25) is 4.79 Å². The van der Waals surface area contributed by atoms with Gasteiger partial charge in [-0.1, -0.05) is 30.3 Å². The van der Waals surface area contributed by atoms with Crippen molar-refractivity contribution in [3.63, 3.8) is 0 Å². The third kappa shape index (κ3) is 4.03. The number of nitrogens with zero attached hydrogens (tertiary/aromatic N) is 1. The standard InChI is InChI=1S/C22H24N2O3/c1-14-15(2)23-20-11-10-18(12-19(14)20)22(26)27-16(3)21(25)24(4)13-17-8-6-5-7-9-17/h5-12,16,23H,13H2,1-4H3. The Morgan fingerprint density at radius 2 is 1.81 bits per heavy atom. The largest absolute Gasteiger partial charge is 0.449 e. The van der Waals surface area contributed by atoms with Crippen molar-refractivity contribution < 1.29 is 14.3 Å². The number of H-pyrrole nitrogens is 1. The molecule has 0 saturated carbocycles. The Bertz CT molecular complexity index is 976. The first-order valence-electron chi connectivity index (χ1n) is 8.95. The molecule has 0 saturated heterocycles. The summed E-state index contributed by atoms with van der Waals surface area (Å²) in [5.41, 5.74) is 4.62. The van der Waals surface area contributed by atoms with Crippen LogP contribution in [-0.2, 0) is 16.1 Å². The zero-order chi connectivity index (χ0) is 19.6. The van der Waals surface area contributed by atoms with E-state index < -0.39 is 12.1 Å². The van der Waals surface area contributed by atoms with Gasteiger partial charge in [-0.05, 0) is 50.1 Å². The van der Waals surface area contributed by atoms with Crippen molar-refractivity contribution in [3.05, 3.63) is 70.9 Å². The Hall–Kier alpha value is -3.08. The molecule has 1 atom stereocenters. The Morgan fingerprint density at radius 3 is 2.52 bits per heavy atom. The second-order valence-electron chi connectivity index (χ2n) is 6.86. The lowest BCUT2D eigenvalue weighted by Gasteiger charge is -2.21. The average Bonchev–Trinajstić information content (AvgIpc) is 2.95. The number of hydrogen-bond donors (Lipinski definition) is 1. The zero-order valence-corrected chi connectivity index (χ0v) is 16.1. The van der Waals surface area contributed by atoms with E-state index in [2.05, 4.69) is 4.98 Å². The van der Waals surface area contributed by atoms with E-state index >= 15 is 0 Å². The number of aromatic nitrogens is 1. The molecule has 0 bridgehead atoms. The molecule has 27 heavy (non-hydrogen) atoms. The number of fused-ring (bicyclic) bond motifs is 1. The molecule has 0 radical (unpaired) electrons. The molecule has 5 nitrogen and oxygen atoms in total. The van der Waals surface area contributed by atoms with Crippen LogP contribution in [0.5, 0.6) is 0 Å². The number of rotatable bonds is 5. The fraction of sp³-hybridized carbons (Fsp3) is 0.273. The molecule has 1 aromatic heterocycles. The Kier molecular flexibility index (Phi) is 5.31. The van der Waals surface area contributed by atoms with E-state index in [-0.39, 0.29) is 5.91 Å². The summed E-state index contributed by atoms with van der Waals surface area (Å²) >= 11 is 0. The number of carbonyl (C=O) groups is 2. The Labute approximate surface area is 158 Å². The summed E-state index contributed by atoms with van der Waals surface area (Å²) in [7, 11) is 1.71. The van der Waals surface area contributed by atoms with Gasteiger partial charge in [0.1, 0.15) is 0 Å². The van der Waals surface area contributed by atoms with Crippen molar-refractivity contribution >= 4 is 22.8 Å². The number of aromatic amines is 1. The lowest BCUT2D eigenvalue weighted by Crippen LogP contribution is -2.37. The van der Waals surface area contributed by atoms with Gasteiger partial charge >= 0.3 is 5.97 Å². The third-order valence-electron chi connectivity index (χ3n) is 4.81. The number of nitrogens with one attached hydrogen (secondary N) is 1. The normalized spacial score (nSPS) is 12.0. The minimum absolute atomic E-state index is 0.234. The summed E-state index contributed by atoms with van der Waals surface area (Å²) in [4.78, 5) is 29.9. The number of aryl methyl sites for hydroxylation is 2. The van der Waals surface area contributed by atoms with Crippen molar-refractivity contribution in [2.75, 3.05) is 7.05 Å². The van der Waals surface area contributed by atoms with Gasteiger partial charge in [-0.25, -0.2) is 4.79 Å². The molecule has 1 amide bonds. The first kappa shape index (κ1) is 18.7. The monoisotopic (exact) mass is 364 g/mol.